The zero-order valence-electron chi connectivity index (χ0n) is 23.3. The lowest BCUT2D eigenvalue weighted by Gasteiger charge is -2.38. The average Bonchev–Trinajstić information content (AvgIpc) is 2.93. The molecule has 1 atom stereocenters. The van der Waals surface area contributed by atoms with Crippen LogP contribution in [0.15, 0.2) is 77.7 Å². The van der Waals surface area contributed by atoms with Crippen molar-refractivity contribution in [2.24, 2.45) is 5.41 Å². The van der Waals surface area contributed by atoms with Gasteiger partial charge in [-0.25, -0.2) is 13.1 Å². The molecule has 1 amide bonds. The van der Waals surface area contributed by atoms with Gasteiger partial charge in [-0.2, -0.15) is 0 Å². The quantitative estimate of drug-likeness (QED) is 0.408. The highest BCUT2D eigenvalue weighted by Gasteiger charge is 2.28. The van der Waals surface area contributed by atoms with E-state index in [-0.39, 0.29) is 10.8 Å². The molecule has 1 saturated heterocycles. The highest BCUT2D eigenvalue weighted by Crippen LogP contribution is 2.32. The molecule has 1 heterocycles. The van der Waals surface area contributed by atoms with Crippen LogP contribution in [0.3, 0.4) is 0 Å². The predicted octanol–water partition coefficient (Wildman–Crippen LogP) is 5.05. The van der Waals surface area contributed by atoms with Gasteiger partial charge in [0.05, 0.1) is 12.8 Å². The van der Waals surface area contributed by atoms with E-state index in [1.807, 2.05) is 82.3 Å². The largest absolute Gasteiger partial charge is 0.497 e. The van der Waals surface area contributed by atoms with Gasteiger partial charge in [0.2, 0.25) is 15.9 Å². The van der Waals surface area contributed by atoms with Gasteiger partial charge in [0.25, 0.3) is 0 Å². The van der Waals surface area contributed by atoms with E-state index < -0.39 is 21.5 Å². The summed E-state index contributed by atoms with van der Waals surface area (Å²) in [6, 6.07) is 22.1. The minimum atomic E-state index is -3.93. The van der Waals surface area contributed by atoms with Gasteiger partial charge in [0.1, 0.15) is 10.6 Å². The van der Waals surface area contributed by atoms with Crippen LogP contribution in [-0.2, 0) is 14.8 Å². The van der Waals surface area contributed by atoms with E-state index in [4.69, 9.17) is 4.74 Å². The maximum atomic E-state index is 13.8. The van der Waals surface area contributed by atoms with Crippen molar-refractivity contribution in [1.29, 1.82) is 0 Å². The van der Waals surface area contributed by atoms with Gasteiger partial charge in [0, 0.05) is 49.0 Å². The Labute approximate surface area is 232 Å². The molecule has 0 saturated carbocycles. The molecule has 1 aliphatic heterocycles. The molecule has 0 bridgehead atoms. The fourth-order valence-electron chi connectivity index (χ4n) is 4.49. The topological polar surface area (TPSA) is 91.0 Å². The van der Waals surface area contributed by atoms with Crippen molar-refractivity contribution in [2.75, 3.05) is 48.4 Å². The van der Waals surface area contributed by atoms with Crippen LogP contribution in [-0.4, -0.2) is 47.6 Å². The predicted molar refractivity (Wildman–Crippen MR) is 157 cm³/mol. The smallest absolute Gasteiger partial charge is 0.243 e. The summed E-state index contributed by atoms with van der Waals surface area (Å²) in [5, 5.41) is 2.88. The molecule has 0 spiro atoms. The number of rotatable bonds is 8. The highest BCUT2D eigenvalue weighted by atomic mass is 32.2. The number of sulfonamides is 1. The third kappa shape index (κ3) is 6.91. The maximum Gasteiger partial charge on any atom is 0.243 e. The van der Waals surface area contributed by atoms with Crippen LogP contribution >= 0.6 is 0 Å². The standard InChI is InChI=1S/C30H38N4O4S/c1-22(23-9-7-6-8-10-23)32-39(36,37)28-21-24(31-29(35)30(2,3)4)11-16-27(28)34-19-17-33(18-20-34)25-12-14-26(38-5)15-13-25/h6-16,21-22,32H,17-20H2,1-5H3,(H,31,35)/t22-/m1/s1. The molecule has 39 heavy (non-hydrogen) atoms. The fraction of sp³-hybridized carbons (Fsp3) is 0.367. The lowest BCUT2D eigenvalue weighted by molar-refractivity contribution is -0.123. The van der Waals surface area contributed by atoms with Gasteiger partial charge in [-0.3, -0.25) is 4.79 Å². The Kier molecular flexibility index (Phi) is 8.51. The first-order chi connectivity index (χ1) is 18.5. The van der Waals surface area contributed by atoms with Crippen LogP contribution < -0.4 is 24.6 Å². The Morgan fingerprint density at radius 3 is 2.10 bits per heavy atom. The number of hydrogen-bond donors (Lipinski definition) is 2. The molecular formula is C30H38N4O4S. The van der Waals surface area contributed by atoms with Crippen molar-refractivity contribution >= 4 is 33.0 Å². The summed E-state index contributed by atoms with van der Waals surface area (Å²) in [5.41, 5.74) is 2.42. The summed E-state index contributed by atoms with van der Waals surface area (Å²) >= 11 is 0. The van der Waals surface area contributed by atoms with E-state index in [1.54, 1.807) is 25.3 Å². The lowest BCUT2D eigenvalue weighted by Crippen LogP contribution is -2.47. The molecule has 3 aromatic carbocycles. The Bertz CT molecular complexity index is 1380. The second-order valence-electron chi connectivity index (χ2n) is 10.8. The first kappa shape index (κ1) is 28.4. The Balaban J connectivity index is 1.61. The Hall–Kier alpha value is -3.56. The van der Waals surface area contributed by atoms with E-state index in [1.165, 1.54) is 0 Å². The number of methoxy groups -OCH3 is 1. The van der Waals surface area contributed by atoms with Gasteiger partial charge in [-0.05, 0) is 55.0 Å². The molecular weight excluding hydrogens is 512 g/mol. The normalized spacial score (nSPS) is 15.1. The molecule has 1 fully saturated rings. The van der Waals surface area contributed by atoms with Gasteiger partial charge in [-0.1, -0.05) is 51.1 Å². The Morgan fingerprint density at radius 1 is 0.897 bits per heavy atom. The van der Waals surface area contributed by atoms with E-state index >= 15 is 0 Å². The Morgan fingerprint density at radius 2 is 1.51 bits per heavy atom. The first-order valence-electron chi connectivity index (χ1n) is 13.1. The number of anilines is 3. The van der Waals surface area contributed by atoms with Crippen molar-refractivity contribution in [2.45, 2.75) is 38.6 Å². The molecule has 0 aromatic heterocycles. The summed E-state index contributed by atoms with van der Waals surface area (Å²) in [5.74, 6) is 0.625. The second kappa shape index (κ2) is 11.7. The minimum absolute atomic E-state index is 0.148. The highest BCUT2D eigenvalue weighted by molar-refractivity contribution is 7.89. The fourth-order valence-corrected chi connectivity index (χ4v) is 5.97. The summed E-state index contributed by atoms with van der Waals surface area (Å²) in [6.07, 6.45) is 0. The number of ether oxygens (including phenoxy) is 1. The average molecular weight is 551 g/mol. The van der Waals surface area contributed by atoms with Crippen molar-refractivity contribution < 1.29 is 17.9 Å². The molecule has 4 rings (SSSR count). The van der Waals surface area contributed by atoms with Crippen LogP contribution in [0.25, 0.3) is 0 Å². The molecule has 208 valence electrons. The summed E-state index contributed by atoms with van der Waals surface area (Å²) < 4.78 is 35.7. The number of hydrogen-bond acceptors (Lipinski definition) is 6. The monoisotopic (exact) mass is 550 g/mol. The van der Waals surface area contributed by atoms with Crippen LogP contribution in [0.5, 0.6) is 5.75 Å². The molecule has 1 aliphatic rings. The van der Waals surface area contributed by atoms with E-state index in [9.17, 15) is 13.2 Å². The third-order valence-electron chi connectivity index (χ3n) is 6.88. The van der Waals surface area contributed by atoms with Crippen LogP contribution in [0.1, 0.15) is 39.3 Å². The minimum Gasteiger partial charge on any atom is -0.497 e. The molecule has 0 radical (unpaired) electrons. The second-order valence-corrected chi connectivity index (χ2v) is 12.5. The number of piperazine rings is 1. The van der Waals surface area contributed by atoms with E-state index in [2.05, 4.69) is 19.8 Å². The van der Waals surface area contributed by atoms with Gasteiger partial charge >= 0.3 is 0 Å². The number of carbonyl (C=O) groups excluding carboxylic acids is 1. The molecule has 0 aliphatic carbocycles. The number of nitrogens with one attached hydrogen (secondary N) is 2. The zero-order chi connectivity index (χ0) is 28.2. The molecule has 2 N–H and O–H groups in total. The SMILES string of the molecule is COc1ccc(N2CCN(c3ccc(NC(=O)C(C)(C)C)cc3S(=O)(=O)N[C@H](C)c3ccccc3)CC2)cc1. The third-order valence-corrected chi connectivity index (χ3v) is 8.45. The van der Waals surface area contributed by atoms with Crippen molar-refractivity contribution in [3.63, 3.8) is 0 Å². The van der Waals surface area contributed by atoms with Crippen molar-refractivity contribution in [3.8, 4) is 5.75 Å². The van der Waals surface area contributed by atoms with E-state index in [0.717, 1.165) is 30.1 Å². The zero-order valence-corrected chi connectivity index (χ0v) is 24.1. The molecule has 9 heteroatoms. The van der Waals surface area contributed by atoms with Gasteiger partial charge in [-0.15, -0.1) is 0 Å². The summed E-state index contributed by atoms with van der Waals surface area (Å²) in [6.45, 7) is 10.1. The van der Waals surface area contributed by atoms with Gasteiger partial charge in [0.15, 0.2) is 0 Å². The summed E-state index contributed by atoms with van der Waals surface area (Å²) in [7, 11) is -2.28. The van der Waals surface area contributed by atoms with Crippen LogP contribution in [0, 0.1) is 5.41 Å². The van der Waals surface area contributed by atoms with Crippen LogP contribution in [0.4, 0.5) is 17.1 Å². The number of benzene rings is 3. The van der Waals surface area contributed by atoms with Crippen LogP contribution in [0.2, 0.25) is 0 Å². The van der Waals surface area contributed by atoms with E-state index in [0.29, 0.717) is 24.5 Å². The lowest BCUT2D eigenvalue weighted by atomic mass is 9.95. The maximum absolute atomic E-state index is 13.8. The van der Waals surface area contributed by atoms with Crippen molar-refractivity contribution in [3.05, 3.63) is 78.4 Å². The van der Waals surface area contributed by atoms with Gasteiger partial charge < -0.3 is 19.9 Å². The molecule has 3 aromatic rings. The molecule has 8 nitrogen and oxygen atoms in total. The number of nitrogens with zero attached hydrogens (tertiary/aromatic N) is 2. The first-order valence-corrected chi connectivity index (χ1v) is 14.6. The number of carbonyl (C=O) groups is 1. The number of amides is 1. The van der Waals surface area contributed by atoms with Crippen molar-refractivity contribution in [1.82, 2.24) is 4.72 Å². The summed E-state index contributed by atoms with van der Waals surface area (Å²) in [4.78, 5) is 17.2. The molecule has 0 unspecified atom stereocenters.